The van der Waals surface area contributed by atoms with Crippen molar-refractivity contribution in [3.8, 4) is 0 Å². The first kappa shape index (κ1) is 24.8. The number of ether oxygens (including phenoxy) is 4. The zero-order valence-corrected chi connectivity index (χ0v) is 21.2. The van der Waals surface area contributed by atoms with Gasteiger partial charge in [-0.2, -0.15) is 0 Å². The number of imidazole rings is 1. The van der Waals surface area contributed by atoms with Gasteiger partial charge in [0.25, 0.3) is 0 Å². The van der Waals surface area contributed by atoms with Crippen LogP contribution >= 0.6 is 22.6 Å². The zero-order valence-electron chi connectivity index (χ0n) is 19.0. The van der Waals surface area contributed by atoms with Crippen molar-refractivity contribution < 1.29 is 33.3 Å². The molecule has 1 aliphatic rings. The number of carbonyl (C=O) groups is 3. The molecule has 1 fully saturated rings. The Kier molecular flexibility index (Phi) is 7.45. The highest BCUT2D eigenvalue weighted by atomic mass is 127. The molecular weight excluding hydrogens is 573 g/mol. The van der Waals surface area contributed by atoms with E-state index in [0.29, 0.717) is 20.8 Å². The molecular formula is C22H22IN5O7. The third-order valence-electron chi connectivity index (χ3n) is 5.05. The molecule has 13 heteroatoms. The van der Waals surface area contributed by atoms with Gasteiger partial charge >= 0.3 is 17.9 Å². The summed E-state index contributed by atoms with van der Waals surface area (Å²) in [5.74, 6) is -1.27. The highest BCUT2D eigenvalue weighted by Crippen LogP contribution is 2.36. The number of carbonyl (C=O) groups excluding carboxylic acids is 3. The maximum absolute atomic E-state index is 11.9. The maximum Gasteiger partial charge on any atom is 0.303 e. The Bertz CT molecular complexity index is 1250. The minimum atomic E-state index is -1.05. The fraction of sp³-hybridized carbons (Fsp3) is 0.364. The van der Waals surface area contributed by atoms with Crippen molar-refractivity contribution in [2.45, 2.75) is 45.3 Å². The monoisotopic (exact) mass is 595 g/mol. The molecule has 1 saturated heterocycles. The molecule has 0 saturated carbocycles. The van der Waals surface area contributed by atoms with Gasteiger partial charge in [0.05, 0.1) is 6.33 Å². The molecule has 0 aliphatic carbocycles. The van der Waals surface area contributed by atoms with Gasteiger partial charge in [-0.3, -0.25) is 19.0 Å². The molecule has 0 spiro atoms. The smallest absolute Gasteiger partial charge is 0.303 e. The SMILES string of the molecule is CC(=O)OC[C@H]1O[C@@H](n2cnc3c(Nc4ccccc4)nc(I)nc32)[C@H](OC(C)=O)[C@@H]1OC(C)=O. The summed E-state index contributed by atoms with van der Waals surface area (Å²) in [6, 6.07) is 9.45. The van der Waals surface area contributed by atoms with Crippen LogP contribution in [0.5, 0.6) is 0 Å². The summed E-state index contributed by atoms with van der Waals surface area (Å²) in [6.07, 6.45) is -2.46. The zero-order chi connectivity index (χ0) is 25.1. The third kappa shape index (κ3) is 5.67. The molecule has 3 aromatic rings. The number of benzene rings is 1. The van der Waals surface area contributed by atoms with Crippen LogP contribution in [0.25, 0.3) is 11.2 Å². The van der Waals surface area contributed by atoms with Crippen LogP contribution in [0, 0.1) is 3.83 Å². The summed E-state index contributed by atoms with van der Waals surface area (Å²) in [4.78, 5) is 48.5. The average molecular weight is 595 g/mol. The number of rotatable bonds is 7. The van der Waals surface area contributed by atoms with Gasteiger partial charge in [-0.25, -0.2) is 15.0 Å². The van der Waals surface area contributed by atoms with Crippen molar-refractivity contribution in [3.05, 3.63) is 40.5 Å². The Labute approximate surface area is 213 Å². The summed E-state index contributed by atoms with van der Waals surface area (Å²) in [6.45, 7) is 3.51. The Balaban J connectivity index is 1.75. The molecule has 1 aliphatic heterocycles. The standard InChI is InChI=1S/C22H22IN5O7/c1-11(29)32-9-15-17(33-12(2)30)18(34-13(3)31)21(35-15)28-10-24-16-19(26-22(23)27-20(16)28)25-14-7-5-4-6-8-14/h4-8,10,15,17-18,21H,9H2,1-3H3,(H,25,26,27)/t15-,17-,18-,21-/m1/s1. The summed E-state index contributed by atoms with van der Waals surface area (Å²) >= 11 is 1.99. The minimum Gasteiger partial charge on any atom is -0.463 e. The lowest BCUT2D eigenvalue weighted by molar-refractivity contribution is -0.166. The van der Waals surface area contributed by atoms with Crippen molar-refractivity contribution in [2.75, 3.05) is 11.9 Å². The predicted molar refractivity (Wildman–Crippen MR) is 129 cm³/mol. The predicted octanol–water partition coefficient (Wildman–Crippen LogP) is 2.50. The van der Waals surface area contributed by atoms with Gasteiger partial charge in [-0.1, -0.05) is 18.2 Å². The Hall–Kier alpha value is -3.33. The Morgan fingerprint density at radius 2 is 1.71 bits per heavy atom. The number of anilines is 2. The molecule has 0 bridgehead atoms. The van der Waals surface area contributed by atoms with Crippen LogP contribution in [0.1, 0.15) is 27.0 Å². The second-order valence-electron chi connectivity index (χ2n) is 7.67. The Morgan fingerprint density at radius 1 is 1.03 bits per heavy atom. The first-order valence-corrected chi connectivity index (χ1v) is 11.7. The van der Waals surface area contributed by atoms with E-state index in [-0.39, 0.29) is 6.61 Å². The quantitative estimate of drug-likeness (QED) is 0.186. The fourth-order valence-corrected chi connectivity index (χ4v) is 4.21. The summed E-state index contributed by atoms with van der Waals surface area (Å²) in [5.41, 5.74) is 1.66. The molecule has 0 amide bonds. The van der Waals surface area contributed by atoms with E-state index in [1.165, 1.54) is 27.1 Å². The minimum absolute atomic E-state index is 0.207. The van der Waals surface area contributed by atoms with Gasteiger partial charge in [-0.15, -0.1) is 0 Å². The number of nitrogens with one attached hydrogen (secondary N) is 1. The van der Waals surface area contributed by atoms with Gasteiger partial charge in [0.2, 0.25) is 0 Å². The lowest BCUT2D eigenvalue weighted by Gasteiger charge is -2.23. The largest absolute Gasteiger partial charge is 0.463 e. The number of hydrogen-bond donors (Lipinski definition) is 1. The van der Waals surface area contributed by atoms with E-state index in [1.807, 2.05) is 52.9 Å². The molecule has 3 heterocycles. The van der Waals surface area contributed by atoms with E-state index in [0.717, 1.165) is 5.69 Å². The number of nitrogens with zero attached hydrogens (tertiary/aromatic N) is 4. The number of esters is 3. The van der Waals surface area contributed by atoms with Gasteiger partial charge in [0.1, 0.15) is 12.7 Å². The van der Waals surface area contributed by atoms with E-state index in [1.54, 1.807) is 4.57 Å². The third-order valence-corrected chi connectivity index (χ3v) is 5.53. The van der Waals surface area contributed by atoms with Gasteiger partial charge in [-0.05, 0) is 12.1 Å². The van der Waals surface area contributed by atoms with Crippen LogP contribution in [-0.4, -0.2) is 62.3 Å². The average Bonchev–Trinajstić information content (AvgIpc) is 3.34. The van der Waals surface area contributed by atoms with Crippen LogP contribution in [0.4, 0.5) is 11.5 Å². The normalized spacial score (nSPS) is 21.5. The summed E-state index contributed by atoms with van der Waals surface area (Å²) in [5, 5.41) is 3.23. The molecule has 184 valence electrons. The lowest BCUT2D eigenvalue weighted by Crippen LogP contribution is -2.40. The molecule has 12 nitrogen and oxygen atoms in total. The maximum atomic E-state index is 11.9. The topological polar surface area (TPSA) is 144 Å². The lowest BCUT2D eigenvalue weighted by atomic mass is 10.1. The molecule has 1 aromatic carbocycles. The van der Waals surface area contributed by atoms with E-state index < -0.39 is 42.4 Å². The molecule has 1 N–H and O–H groups in total. The van der Waals surface area contributed by atoms with Crippen LogP contribution in [0.3, 0.4) is 0 Å². The molecule has 4 atom stereocenters. The van der Waals surface area contributed by atoms with Crippen molar-refractivity contribution >= 4 is 63.2 Å². The van der Waals surface area contributed by atoms with Gasteiger partial charge in [0.15, 0.2) is 39.2 Å². The Morgan fingerprint density at radius 3 is 2.37 bits per heavy atom. The van der Waals surface area contributed by atoms with Crippen molar-refractivity contribution in [1.82, 2.24) is 19.5 Å². The van der Waals surface area contributed by atoms with Crippen molar-refractivity contribution in [2.24, 2.45) is 0 Å². The van der Waals surface area contributed by atoms with Crippen LogP contribution in [0.15, 0.2) is 36.7 Å². The van der Waals surface area contributed by atoms with Gasteiger partial charge < -0.3 is 24.3 Å². The van der Waals surface area contributed by atoms with E-state index in [2.05, 4.69) is 20.3 Å². The first-order valence-electron chi connectivity index (χ1n) is 10.6. The highest BCUT2D eigenvalue weighted by molar-refractivity contribution is 14.1. The second kappa shape index (κ2) is 10.5. The van der Waals surface area contributed by atoms with E-state index in [9.17, 15) is 14.4 Å². The van der Waals surface area contributed by atoms with Crippen LogP contribution < -0.4 is 5.32 Å². The van der Waals surface area contributed by atoms with Crippen LogP contribution in [0.2, 0.25) is 0 Å². The molecule has 35 heavy (non-hydrogen) atoms. The van der Waals surface area contributed by atoms with Crippen LogP contribution in [-0.2, 0) is 33.3 Å². The summed E-state index contributed by atoms with van der Waals surface area (Å²) in [7, 11) is 0. The van der Waals surface area contributed by atoms with Crippen molar-refractivity contribution in [3.63, 3.8) is 0 Å². The van der Waals surface area contributed by atoms with E-state index in [4.69, 9.17) is 18.9 Å². The number of aromatic nitrogens is 4. The molecule has 0 radical (unpaired) electrons. The number of para-hydroxylation sites is 1. The number of fused-ring (bicyclic) bond motifs is 1. The molecule has 4 rings (SSSR count). The molecule has 0 unspecified atom stereocenters. The molecule has 2 aromatic heterocycles. The van der Waals surface area contributed by atoms with Gasteiger partial charge in [0, 0.05) is 49.0 Å². The number of halogens is 1. The fourth-order valence-electron chi connectivity index (χ4n) is 3.74. The first-order chi connectivity index (χ1) is 16.7. The highest BCUT2D eigenvalue weighted by Gasteiger charge is 2.51. The summed E-state index contributed by atoms with van der Waals surface area (Å²) < 4.78 is 24.1. The number of hydrogen-bond acceptors (Lipinski definition) is 11. The second-order valence-corrected chi connectivity index (χ2v) is 8.64. The van der Waals surface area contributed by atoms with Crippen molar-refractivity contribution in [1.29, 1.82) is 0 Å². The van der Waals surface area contributed by atoms with E-state index >= 15 is 0 Å².